The highest BCUT2D eigenvalue weighted by Crippen LogP contribution is 2.42. The van der Waals surface area contributed by atoms with Gasteiger partial charge in [0.2, 0.25) is 0 Å². The van der Waals surface area contributed by atoms with E-state index in [4.69, 9.17) is 4.42 Å². The molecule has 0 saturated carbocycles. The van der Waals surface area contributed by atoms with Crippen molar-refractivity contribution in [3.05, 3.63) is 237 Å². The van der Waals surface area contributed by atoms with Crippen LogP contribution in [0.4, 0.5) is 17.1 Å². The Balaban J connectivity index is 0.943. The highest BCUT2D eigenvalue weighted by molar-refractivity contribution is 6.13. The number of hydrogen-bond donors (Lipinski definition) is 0. The monoisotopic (exact) mass is 789 g/mol. The van der Waals surface area contributed by atoms with Gasteiger partial charge < -0.3 is 9.32 Å². The third-order valence-electron chi connectivity index (χ3n) is 12.4. The van der Waals surface area contributed by atoms with Crippen LogP contribution in [0.5, 0.6) is 0 Å². The molecule has 62 heavy (non-hydrogen) atoms. The molecule has 0 radical (unpaired) electrons. The minimum atomic E-state index is 0.892. The number of nitrogens with zero attached hydrogens (tertiary/aromatic N) is 1. The van der Waals surface area contributed by atoms with Crippen molar-refractivity contribution in [1.29, 1.82) is 0 Å². The first-order chi connectivity index (χ1) is 30.7. The average molecular weight is 790 g/mol. The van der Waals surface area contributed by atoms with Crippen molar-refractivity contribution in [3.8, 4) is 44.5 Å². The summed E-state index contributed by atoms with van der Waals surface area (Å²) in [5, 5.41) is 9.84. The minimum Gasteiger partial charge on any atom is -0.456 e. The Kier molecular flexibility index (Phi) is 8.53. The molecule has 0 spiro atoms. The molecule has 290 valence electrons. The molecule has 11 aromatic carbocycles. The largest absolute Gasteiger partial charge is 0.456 e. The van der Waals surface area contributed by atoms with Crippen LogP contribution in [0.15, 0.2) is 241 Å². The second-order valence-corrected chi connectivity index (χ2v) is 16.1. The Bertz CT molecular complexity index is 3630. The zero-order valence-electron chi connectivity index (χ0n) is 33.9. The van der Waals surface area contributed by atoms with Gasteiger partial charge in [-0.05, 0) is 131 Å². The van der Waals surface area contributed by atoms with Gasteiger partial charge in [0.15, 0.2) is 0 Å². The van der Waals surface area contributed by atoms with Gasteiger partial charge in [0.25, 0.3) is 0 Å². The fourth-order valence-corrected chi connectivity index (χ4v) is 9.41. The van der Waals surface area contributed by atoms with Gasteiger partial charge in [-0.1, -0.05) is 182 Å². The fraction of sp³-hybridized carbons (Fsp3) is 0. The number of hydrogen-bond acceptors (Lipinski definition) is 2. The lowest BCUT2D eigenvalue weighted by Crippen LogP contribution is -2.10. The lowest BCUT2D eigenvalue weighted by Gasteiger charge is -2.27. The number of anilines is 3. The summed E-state index contributed by atoms with van der Waals surface area (Å²) in [7, 11) is 0. The molecular weight excluding hydrogens is 751 g/mol. The van der Waals surface area contributed by atoms with Crippen LogP contribution in [0.2, 0.25) is 0 Å². The molecular formula is C60H39NO. The van der Waals surface area contributed by atoms with E-state index >= 15 is 0 Å². The molecule has 1 heterocycles. The van der Waals surface area contributed by atoms with Gasteiger partial charge >= 0.3 is 0 Å². The number of benzene rings is 11. The Labute approximate surface area is 360 Å². The standard InChI is InChI=1S/C60H39NO/c1-3-18-52-42(11-1)13-9-21-54(52)44-31-34-49(35-32-44)61(51-17-8-15-47(39-51)56-22-10-24-59-60(56)57-20-5-6-23-58(57)62-59)50-16-7-14-45(38-50)40-25-27-41(28-26-40)46-33-36-55-48(37-46)30-29-43-12-2-4-19-53(43)55/h1-39H. The number of para-hydroxylation sites is 1. The molecule has 12 rings (SSSR count). The smallest absolute Gasteiger partial charge is 0.136 e. The van der Waals surface area contributed by atoms with Crippen LogP contribution in [0, 0.1) is 0 Å². The molecule has 0 bridgehead atoms. The molecule has 0 amide bonds. The Morgan fingerprint density at radius 2 is 0.774 bits per heavy atom. The van der Waals surface area contributed by atoms with Crippen molar-refractivity contribution in [3.63, 3.8) is 0 Å². The summed E-state index contributed by atoms with van der Waals surface area (Å²) in [5.74, 6) is 0. The van der Waals surface area contributed by atoms with Gasteiger partial charge in [0, 0.05) is 27.8 Å². The summed E-state index contributed by atoms with van der Waals surface area (Å²) in [4.78, 5) is 2.38. The fourth-order valence-electron chi connectivity index (χ4n) is 9.41. The topological polar surface area (TPSA) is 16.4 Å². The van der Waals surface area contributed by atoms with E-state index in [9.17, 15) is 0 Å². The Morgan fingerprint density at radius 1 is 0.258 bits per heavy atom. The second-order valence-electron chi connectivity index (χ2n) is 16.1. The second kappa shape index (κ2) is 14.8. The van der Waals surface area contributed by atoms with E-state index in [0.717, 1.165) is 55.7 Å². The maximum atomic E-state index is 6.31. The molecule has 0 fully saturated rings. The predicted octanol–water partition coefficient (Wildman–Crippen LogP) is 17.2. The van der Waals surface area contributed by atoms with Gasteiger partial charge in [-0.2, -0.15) is 0 Å². The maximum absolute atomic E-state index is 6.31. The van der Waals surface area contributed by atoms with Crippen LogP contribution in [0.1, 0.15) is 0 Å². The minimum absolute atomic E-state index is 0.892. The molecule has 1 aromatic heterocycles. The van der Waals surface area contributed by atoms with Crippen molar-refractivity contribution in [2.45, 2.75) is 0 Å². The number of fused-ring (bicyclic) bond motifs is 7. The molecule has 0 aliphatic carbocycles. The summed E-state index contributed by atoms with van der Waals surface area (Å²) < 4.78 is 6.31. The van der Waals surface area contributed by atoms with Crippen molar-refractivity contribution < 1.29 is 4.42 Å². The first kappa shape index (κ1) is 35.7. The molecule has 0 aliphatic rings. The summed E-state index contributed by atoms with van der Waals surface area (Å²) >= 11 is 0. The zero-order valence-corrected chi connectivity index (χ0v) is 33.9. The van der Waals surface area contributed by atoms with E-state index in [1.807, 2.05) is 12.1 Å². The summed E-state index contributed by atoms with van der Waals surface area (Å²) in [5.41, 5.74) is 14.4. The molecule has 2 heteroatoms. The van der Waals surface area contributed by atoms with Crippen molar-refractivity contribution in [1.82, 2.24) is 0 Å². The van der Waals surface area contributed by atoms with Gasteiger partial charge in [0.05, 0.1) is 0 Å². The SMILES string of the molecule is c1cc(-c2ccc(-c3ccc4c(ccc5ccccc54)c3)cc2)cc(N(c2ccc(-c3cccc4ccccc34)cc2)c2cccc(-c3cccc4oc5ccccc5c34)c2)c1. The molecule has 0 unspecified atom stereocenters. The lowest BCUT2D eigenvalue weighted by molar-refractivity contribution is 0.669. The van der Waals surface area contributed by atoms with Crippen molar-refractivity contribution in [2.24, 2.45) is 0 Å². The molecule has 0 N–H and O–H groups in total. The van der Waals surface area contributed by atoms with E-state index < -0.39 is 0 Å². The van der Waals surface area contributed by atoms with Crippen LogP contribution in [0.25, 0.3) is 98.8 Å². The third-order valence-corrected chi connectivity index (χ3v) is 12.4. The maximum Gasteiger partial charge on any atom is 0.136 e. The average Bonchev–Trinajstić information content (AvgIpc) is 3.73. The predicted molar refractivity (Wildman–Crippen MR) is 263 cm³/mol. The number of rotatable bonds is 7. The van der Waals surface area contributed by atoms with E-state index in [0.29, 0.717) is 0 Å². The van der Waals surface area contributed by atoms with Gasteiger partial charge in [-0.15, -0.1) is 0 Å². The normalized spacial score (nSPS) is 11.5. The molecule has 0 atom stereocenters. The Hall–Kier alpha value is -8.20. The summed E-state index contributed by atoms with van der Waals surface area (Å²) in [6, 6.07) is 85.5. The van der Waals surface area contributed by atoms with Crippen LogP contribution >= 0.6 is 0 Å². The van der Waals surface area contributed by atoms with Crippen LogP contribution in [-0.4, -0.2) is 0 Å². The van der Waals surface area contributed by atoms with Gasteiger partial charge in [-0.25, -0.2) is 0 Å². The van der Waals surface area contributed by atoms with Crippen LogP contribution in [-0.2, 0) is 0 Å². The van der Waals surface area contributed by atoms with E-state index in [1.165, 1.54) is 60.1 Å². The third kappa shape index (κ3) is 6.20. The highest BCUT2D eigenvalue weighted by Gasteiger charge is 2.18. The quantitative estimate of drug-likeness (QED) is 0.150. The van der Waals surface area contributed by atoms with Crippen molar-refractivity contribution in [2.75, 3.05) is 4.90 Å². The first-order valence-electron chi connectivity index (χ1n) is 21.2. The summed E-state index contributed by atoms with van der Waals surface area (Å²) in [6.07, 6.45) is 0. The summed E-state index contributed by atoms with van der Waals surface area (Å²) in [6.45, 7) is 0. The van der Waals surface area contributed by atoms with Crippen LogP contribution in [0.3, 0.4) is 0 Å². The van der Waals surface area contributed by atoms with Gasteiger partial charge in [0.1, 0.15) is 11.2 Å². The van der Waals surface area contributed by atoms with Crippen LogP contribution < -0.4 is 4.90 Å². The number of furan rings is 1. The van der Waals surface area contributed by atoms with E-state index in [-0.39, 0.29) is 0 Å². The Morgan fingerprint density at radius 3 is 1.56 bits per heavy atom. The molecule has 0 aliphatic heterocycles. The van der Waals surface area contributed by atoms with Crippen molar-refractivity contribution >= 4 is 71.3 Å². The lowest BCUT2D eigenvalue weighted by atomic mass is 9.96. The van der Waals surface area contributed by atoms with E-state index in [1.54, 1.807) is 0 Å². The van der Waals surface area contributed by atoms with Gasteiger partial charge in [-0.3, -0.25) is 0 Å². The zero-order chi connectivity index (χ0) is 41.0. The highest BCUT2D eigenvalue weighted by atomic mass is 16.3. The first-order valence-corrected chi connectivity index (χ1v) is 21.2. The molecule has 12 aromatic rings. The molecule has 0 saturated heterocycles. The molecule has 2 nitrogen and oxygen atoms in total. The van der Waals surface area contributed by atoms with E-state index in [2.05, 4.69) is 229 Å².